The molecule has 1 aromatic rings. The first-order valence-corrected chi connectivity index (χ1v) is 6.81. The van der Waals surface area contributed by atoms with Gasteiger partial charge in [0.25, 0.3) is 0 Å². The van der Waals surface area contributed by atoms with E-state index in [1.54, 1.807) is 12.2 Å². The summed E-state index contributed by atoms with van der Waals surface area (Å²) in [7, 11) is -4.38. The molecule has 2 rings (SSSR count). The zero-order valence-corrected chi connectivity index (χ0v) is 10.4. The molecule has 0 atom stereocenters. The summed E-state index contributed by atoms with van der Waals surface area (Å²) in [6, 6.07) is 5.61. The van der Waals surface area contributed by atoms with E-state index in [4.69, 9.17) is 19.3 Å². The zero-order valence-electron chi connectivity index (χ0n) is 9.48. The van der Waals surface area contributed by atoms with Gasteiger partial charge in [0.2, 0.25) is 6.79 Å². The summed E-state index contributed by atoms with van der Waals surface area (Å²) in [5.74, 6) is 1.44. The molecule has 1 heterocycles. The van der Waals surface area contributed by atoms with Gasteiger partial charge in [0.15, 0.2) is 11.5 Å². The number of phosphoric acid groups is 1. The number of rotatable bonds is 5. The molecule has 1 aliphatic heterocycles. The van der Waals surface area contributed by atoms with Crippen molar-refractivity contribution in [3.8, 4) is 11.5 Å². The van der Waals surface area contributed by atoms with Gasteiger partial charge < -0.3 is 19.3 Å². The third-order valence-corrected chi connectivity index (χ3v) is 2.78. The van der Waals surface area contributed by atoms with Crippen LogP contribution < -0.4 is 9.47 Å². The van der Waals surface area contributed by atoms with Crippen LogP contribution in [0.15, 0.2) is 30.4 Å². The minimum Gasteiger partial charge on any atom is -0.454 e. The number of hydrogen-bond donors (Lipinski definition) is 2. The van der Waals surface area contributed by atoms with Crippen molar-refractivity contribution >= 4 is 7.82 Å². The number of allylic oxidation sites excluding steroid dienone is 1. The predicted octanol–water partition coefficient (Wildman–Crippen LogP) is 1.62. The van der Waals surface area contributed by atoms with Gasteiger partial charge in [-0.15, -0.1) is 0 Å². The van der Waals surface area contributed by atoms with E-state index in [9.17, 15) is 4.57 Å². The second-order valence-corrected chi connectivity index (χ2v) is 4.89. The van der Waals surface area contributed by atoms with Crippen LogP contribution in [-0.2, 0) is 15.5 Å². The van der Waals surface area contributed by atoms with Crippen molar-refractivity contribution in [2.75, 3.05) is 13.4 Å². The predicted molar refractivity (Wildman–Crippen MR) is 63.4 cm³/mol. The van der Waals surface area contributed by atoms with Crippen LogP contribution in [0.3, 0.4) is 0 Å². The summed E-state index contributed by atoms with van der Waals surface area (Å²) in [6.07, 6.45) is 3.96. The molecule has 1 aliphatic rings. The van der Waals surface area contributed by atoms with Gasteiger partial charge in [-0.3, -0.25) is 4.52 Å². The molecule has 0 radical (unpaired) electrons. The van der Waals surface area contributed by atoms with E-state index in [2.05, 4.69) is 4.52 Å². The van der Waals surface area contributed by atoms with Crippen molar-refractivity contribution in [2.24, 2.45) is 0 Å². The van der Waals surface area contributed by atoms with Crippen LogP contribution in [0.25, 0.3) is 0 Å². The lowest BCUT2D eigenvalue weighted by Gasteiger charge is -2.01. The third kappa shape index (κ3) is 3.85. The lowest BCUT2D eigenvalue weighted by atomic mass is 10.1. The van der Waals surface area contributed by atoms with Crippen LogP contribution in [0.2, 0.25) is 0 Å². The molecular formula is C11H13O6P. The zero-order chi connectivity index (χ0) is 13.0. The Labute approximate surface area is 104 Å². The first kappa shape index (κ1) is 13.1. The first-order chi connectivity index (χ1) is 8.54. The van der Waals surface area contributed by atoms with E-state index in [-0.39, 0.29) is 13.4 Å². The van der Waals surface area contributed by atoms with E-state index in [0.29, 0.717) is 12.2 Å². The first-order valence-electron chi connectivity index (χ1n) is 5.28. The Morgan fingerprint density at radius 1 is 1.28 bits per heavy atom. The van der Waals surface area contributed by atoms with Gasteiger partial charge in [0.05, 0.1) is 6.61 Å². The van der Waals surface area contributed by atoms with Crippen molar-refractivity contribution in [1.29, 1.82) is 0 Å². The summed E-state index contributed by atoms with van der Waals surface area (Å²) < 4.78 is 25.1. The standard InChI is InChI=1S/C11H13O6P/c12-18(13,14)17-6-2-1-3-9-4-5-10-11(7-9)16-8-15-10/h1-2,4-5,7H,3,6,8H2,(H2,12,13,14)/b2-1-. The quantitative estimate of drug-likeness (QED) is 0.626. The second-order valence-electron chi connectivity index (χ2n) is 3.65. The SMILES string of the molecule is O=P(O)(O)OC/C=C\Cc1ccc2c(c1)OCO2. The maximum absolute atomic E-state index is 10.4. The number of fused-ring (bicyclic) bond motifs is 1. The Kier molecular flexibility index (Phi) is 4.04. The molecule has 2 N–H and O–H groups in total. The summed E-state index contributed by atoms with van der Waals surface area (Å²) in [5, 5.41) is 0. The van der Waals surface area contributed by atoms with Gasteiger partial charge in [0.1, 0.15) is 0 Å². The molecule has 6 nitrogen and oxygen atoms in total. The molecular weight excluding hydrogens is 259 g/mol. The Hall–Kier alpha value is -1.33. The van der Waals surface area contributed by atoms with E-state index >= 15 is 0 Å². The lowest BCUT2D eigenvalue weighted by molar-refractivity contribution is 0.174. The second kappa shape index (κ2) is 5.54. The van der Waals surface area contributed by atoms with Crippen molar-refractivity contribution in [1.82, 2.24) is 0 Å². The van der Waals surface area contributed by atoms with Crippen molar-refractivity contribution in [3.05, 3.63) is 35.9 Å². The average Bonchev–Trinajstić information content (AvgIpc) is 2.74. The summed E-state index contributed by atoms with van der Waals surface area (Å²) in [6.45, 7) is 0.125. The van der Waals surface area contributed by atoms with Crippen LogP contribution in [0.1, 0.15) is 5.56 Å². The van der Waals surface area contributed by atoms with E-state index in [1.807, 2.05) is 18.2 Å². The molecule has 0 saturated heterocycles. The van der Waals surface area contributed by atoms with Crippen molar-refractivity contribution in [3.63, 3.8) is 0 Å². The number of ether oxygens (including phenoxy) is 2. The summed E-state index contributed by atoms with van der Waals surface area (Å²) in [5.41, 5.74) is 1.02. The summed E-state index contributed by atoms with van der Waals surface area (Å²) in [4.78, 5) is 16.9. The van der Waals surface area contributed by atoms with Crippen LogP contribution in [-0.4, -0.2) is 23.2 Å². The molecule has 0 aliphatic carbocycles. The number of benzene rings is 1. The molecule has 1 aromatic carbocycles. The van der Waals surface area contributed by atoms with Gasteiger partial charge in [-0.05, 0) is 24.1 Å². The minimum atomic E-state index is -4.38. The van der Waals surface area contributed by atoms with Gasteiger partial charge in [-0.25, -0.2) is 4.57 Å². The molecule has 0 spiro atoms. The van der Waals surface area contributed by atoms with Gasteiger partial charge in [0, 0.05) is 0 Å². The lowest BCUT2D eigenvalue weighted by Crippen LogP contribution is -1.92. The highest BCUT2D eigenvalue weighted by molar-refractivity contribution is 7.46. The highest BCUT2D eigenvalue weighted by atomic mass is 31.2. The van der Waals surface area contributed by atoms with Crippen LogP contribution in [0, 0.1) is 0 Å². The molecule has 98 valence electrons. The summed E-state index contributed by atoms with van der Waals surface area (Å²) >= 11 is 0. The number of hydrogen-bond acceptors (Lipinski definition) is 4. The Morgan fingerprint density at radius 3 is 2.83 bits per heavy atom. The molecule has 7 heteroatoms. The topological polar surface area (TPSA) is 85.2 Å². The Balaban J connectivity index is 1.83. The van der Waals surface area contributed by atoms with Crippen molar-refractivity contribution < 1.29 is 28.3 Å². The molecule has 0 bridgehead atoms. The average molecular weight is 272 g/mol. The maximum Gasteiger partial charge on any atom is 0.469 e. The van der Waals surface area contributed by atoms with Gasteiger partial charge in [-0.1, -0.05) is 18.2 Å². The van der Waals surface area contributed by atoms with Crippen LogP contribution in [0.4, 0.5) is 0 Å². The Bertz CT molecular complexity index is 492. The third-order valence-electron chi connectivity index (χ3n) is 2.30. The maximum atomic E-state index is 10.4. The van der Waals surface area contributed by atoms with Gasteiger partial charge in [-0.2, -0.15) is 0 Å². The molecule has 0 aromatic heterocycles. The normalized spacial score (nSPS) is 14.3. The van der Waals surface area contributed by atoms with Gasteiger partial charge >= 0.3 is 7.82 Å². The van der Waals surface area contributed by atoms with Crippen LogP contribution in [0.5, 0.6) is 11.5 Å². The number of phosphoric ester groups is 1. The van der Waals surface area contributed by atoms with E-state index in [0.717, 1.165) is 11.3 Å². The fourth-order valence-electron chi connectivity index (χ4n) is 1.50. The van der Waals surface area contributed by atoms with Crippen LogP contribution >= 0.6 is 7.82 Å². The van der Waals surface area contributed by atoms with Crippen molar-refractivity contribution in [2.45, 2.75) is 6.42 Å². The Morgan fingerprint density at radius 2 is 2.06 bits per heavy atom. The monoisotopic (exact) mass is 272 g/mol. The molecule has 0 saturated carbocycles. The highest BCUT2D eigenvalue weighted by Crippen LogP contribution is 2.35. The minimum absolute atomic E-state index is 0.116. The van der Waals surface area contributed by atoms with E-state index < -0.39 is 7.82 Å². The fraction of sp³-hybridized carbons (Fsp3) is 0.273. The molecule has 0 fully saturated rings. The fourth-order valence-corrected chi connectivity index (χ4v) is 1.78. The molecule has 0 amide bonds. The molecule has 0 unspecified atom stereocenters. The highest BCUT2D eigenvalue weighted by Gasteiger charge is 2.13. The smallest absolute Gasteiger partial charge is 0.454 e. The van der Waals surface area contributed by atoms with E-state index in [1.165, 1.54) is 0 Å². The molecule has 18 heavy (non-hydrogen) atoms. The largest absolute Gasteiger partial charge is 0.469 e.